The molecular formula is C11H19F3N2O3. The van der Waals surface area contributed by atoms with E-state index in [4.69, 9.17) is 10.8 Å². The highest BCUT2D eigenvalue weighted by atomic mass is 19.4. The van der Waals surface area contributed by atoms with E-state index >= 15 is 0 Å². The van der Waals surface area contributed by atoms with Gasteiger partial charge in [0.05, 0.1) is 5.92 Å². The molecule has 0 aromatic rings. The largest absolute Gasteiger partial charge is 0.481 e. The summed E-state index contributed by atoms with van der Waals surface area (Å²) in [5, 5.41) is 10.8. The molecule has 2 atom stereocenters. The van der Waals surface area contributed by atoms with Gasteiger partial charge in [-0.25, -0.2) is 0 Å². The number of nitrogens with one attached hydrogen (secondary N) is 1. The van der Waals surface area contributed by atoms with Gasteiger partial charge in [0.25, 0.3) is 0 Å². The number of hydrogen-bond donors (Lipinski definition) is 3. The van der Waals surface area contributed by atoms with Crippen LogP contribution >= 0.6 is 0 Å². The Bertz CT molecular complexity index is 341. The number of alkyl halides is 3. The number of carboxylic acid groups (broad SMARTS) is 1. The highest BCUT2D eigenvalue weighted by molar-refractivity contribution is 5.87. The monoisotopic (exact) mass is 284 g/mol. The number of hydrogen-bond acceptors (Lipinski definition) is 3. The Morgan fingerprint density at radius 1 is 1.32 bits per heavy atom. The Morgan fingerprint density at radius 3 is 2.11 bits per heavy atom. The van der Waals surface area contributed by atoms with Crippen LogP contribution in [0.1, 0.15) is 27.2 Å². The molecular weight excluding hydrogens is 265 g/mol. The van der Waals surface area contributed by atoms with E-state index in [9.17, 15) is 22.8 Å². The molecule has 0 fully saturated rings. The maximum absolute atomic E-state index is 12.5. The van der Waals surface area contributed by atoms with Crippen molar-refractivity contribution in [2.45, 2.75) is 38.9 Å². The smallest absolute Gasteiger partial charge is 0.415 e. The zero-order chi connectivity index (χ0) is 15.4. The van der Waals surface area contributed by atoms with E-state index in [-0.39, 0.29) is 18.9 Å². The fraction of sp³-hybridized carbons (Fsp3) is 0.818. The third-order valence-electron chi connectivity index (χ3n) is 2.67. The van der Waals surface area contributed by atoms with Crippen molar-refractivity contribution >= 4 is 11.9 Å². The minimum atomic E-state index is -4.89. The molecule has 0 heterocycles. The zero-order valence-corrected chi connectivity index (χ0v) is 11.0. The molecule has 0 aliphatic heterocycles. The van der Waals surface area contributed by atoms with Gasteiger partial charge in [-0.2, -0.15) is 13.2 Å². The van der Waals surface area contributed by atoms with Gasteiger partial charge in [-0.1, -0.05) is 13.8 Å². The van der Waals surface area contributed by atoms with Crippen LogP contribution in [0.2, 0.25) is 0 Å². The van der Waals surface area contributed by atoms with E-state index in [2.05, 4.69) is 0 Å². The van der Waals surface area contributed by atoms with E-state index in [0.29, 0.717) is 6.92 Å². The summed E-state index contributed by atoms with van der Waals surface area (Å²) in [5.74, 6) is -3.49. The van der Waals surface area contributed by atoms with Crippen molar-refractivity contribution < 1.29 is 27.9 Å². The normalized spacial score (nSPS) is 16.8. The van der Waals surface area contributed by atoms with Crippen molar-refractivity contribution in [3.8, 4) is 0 Å². The summed E-state index contributed by atoms with van der Waals surface area (Å²) >= 11 is 0. The molecule has 4 N–H and O–H groups in total. The number of carbonyl (C=O) groups is 2. The van der Waals surface area contributed by atoms with Gasteiger partial charge in [0.1, 0.15) is 0 Å². The lowest BCUT2D eigenvalue weighted by atomic mass is 9.96. The van der Waals surface area contributed by atoms with Crippen molar-refractivity contribution in [3.05, 3.63) is 0 Å². The lowest BCUT2D eigenvalue weighted by Crippen LogP contribution is -2.61. The number of rotatable bonds is 6. The highest BCUT2D eigenvalue weighted by Gasteiger charge is 2.53. The third kappa shape index (κ3) is 5.06. The highest BCUT2D eigenvalue weighted by Crippen LogP contribution is 2.28. The van der Waals surface area contributed by atoms with Crippen molar-refractivity contribution in [3.63, 3.8) is 0 Å². The predicted molar refractivity (Wildman–Crippen MR) is 62.2 cm³/mol. The second-order valence-corrected chi connectivity index (χ2v) is 5.07. The molecule has 0 rings (SSSR count). The number of aliphatic carboxylic acids is 1. The number of carboxylic acids is 1. The maximum atomic E-state index is 12.5. The van der Waals surface area contributed by atoms with Crippen molar-refractivity contribution in [1.29, 1.82) is 0 Å². The van der Waals surface area contributed by atoms with E-state index in [1.165, 1.54) is 0 Å². The van der Waals surface area contributed by atoms with Gasteiger partial charge in [-0.15, -0.1) is 0 Å². The molecule has 0 aromatic heterocycles. The standard InChI is InChI=1S/C11H19F3N2O3/c1-6(2)4-7(8(17)18)5-16-9(19)10(3,15)11(12,13)14/h6-7H,4-5,15H2,1-3H3,(H,16,19)(H,17,18). The molecule has 2 unspecified atom stereocenters. The first-order chi connectivity index (χ1) is 8.39. The van der Waals surface area contributed by atoms with Crippen LogP contribution in [0, 0.1) is 11.8 Å². The molecule has 0 aliphatic carbocycles. The lowest BCUT2D eigenvalue weighted by Gasteiger charge is -2.27. The summed E-state index contributed by atoms with van der Waals surface area (Å²) in [4.78, 5) is 22.3. The van der Waals surface area contributed by atoms with Crippen LogP contribution in [0.4, 0.5) is 13.2 Å². The Balaban J connectivity index is 4.62. The van der Waals surface area contributed by atoms with Crippen LogP contribution in [0.3, 0.4) is 0 Å². The van der Waals surface area contributed by atoms with Crippen LogP contribution in [-0.2, 0) is 9.59 Å². The van der Waals surface area contributed by atoms with Gasteiger partial charge in [-0.3, -0.25) is 9.59 Å². The average molecular weight is 284 g/mol. The molecule has 0 aromatic carbocycles. The fourth-order valence-corrected chi connectivity index (χ4v) is 1.37. The summed E-state index contributed by atoms with van der Waals surface area (Å²) in [6.45, 7) is 3.72. The molecule has 112 valence electrons. The molecule has 0 saturated carbocycles. The Labute approximate surface area is 109 Å². The van der Waals surface area contributed by atoms with Crippen molar-refractivity contribution in [1.82, 2.24) is 5.32 Å². The Morgan fingerprint density at radius 2 is 1.79 bits per heavy atom. The van der Waals surface area contributed by atoms with Crippen LogP contribution in [0.25, 0.3) is 0 Å². The van der Waals surface area contributed by atoms with Crippen LogP contribution < -0.4 is 11.1 Å². The lowest BCUT2D eigenvalue weighted by molar-refractivity contribution is -0.187. The van der Waals surface area contributed by atoms with Gasteiger partial charge < -0.3 is 16.2 Å². The molecule has 0 radical (unpaired) electrons. The molecule has 0 bridgehead atoms. The van der Waals surface area contributed by atoms with Gasteiger partial charge in [0, 0.05) is 6.54 Å². The summed E-state index contributed by atoms with van der Waals surface area (Å²) < 4.78 is 37.4. The van der Waals surface area contributed by atoms with E-state index in [1.807, 2.05) is 5.32 Å². The second kappa shape index (κ2) is 6.23. The quantitative estimate of drug-likeness (QED) is 0.681. The third-order valence-corrected chi connectivity index (χ3v) is 2.67. The first kappa shape index (κ1) is 17.7. The minimum Gasteiger partial charge on any atom is -0.481 e. The van der Waals surface area contributed by atoms with Gasteiger partial charge in [0.15, 0.2) is 5.54 Å². The molecule has 0 aliphatic rings. The molecule has 1 amide bonds. The molecule has 5 nitrogen and oxygen atoms in total. The average Bonchev–Trinajstić information content (AvgIpc) is 2.20. The summed E-state index contributed by atoms with van der Waals surface area (Å²) in [6, 6.07) is 0. The topological polar surface area (TPSA) is 92.4 Å². The number of halogens is 3. The van der Waals surface area contributed by atoms with Gasteiger partial charge in [-0.05, 0) is 19.3 Å². The Kier molecular flexibility index (Phi) is 5.80. The van der Waals surface area contributed by atoms with E-state index in [0.717, 1.165) is 0 Å². The Hall–Kier alpha value is -1.31. The number of carbonyl (C=O) groups excluding carboxylic acids is 1. The van der Waals surface area contributed by atoms with Crippen molar-refractivity contribution in [2.24, 2.45) is 17.6 Å². The SMILES string of the molecule is CC(C)CC(CNC(=O)C(C)(N)C(F)(F)F)C(=O)O. The van der Waals surface area contributed by atoms with E-state index in [1.54, 1.807) is 13.8 Å². The second-order valence-electron chi connectivity index (χ2n) is 5.07. The summed E-state index contributed by atoms with van der Waals surface area (Å²) in [7, 11) is 0. The first-order valence-corrected chi connectivity index (χ1v) is 5.76. The molecule has 0 spiro atoms. The predicted octanol–water partition coefficient (Wildman–Crippen LogP) is 1.13. The number of amides is 1. The molecule has 0 saturated heterocycles. The van der Waals surface area contributed by atoms with Crippen LogP contribution in [-0.4, -0.2) is 35.2 Å². The summed E-state index contributed by atoms with van der Waals surface area (Å²) in [5.41, 5.74) is 1.88. The van der Waals surface area contributed by atoms with E-state index < -0.39 is 29.5 Å². The van der Waals surface area contributed by atoms with Crippen molar-refractivity contribution in [2.75, 3.05) is 6.54 Å². The molecule has 19 heavy (non-hydrogen) atoms. The van der Waals surface area contributed by atoms with Gasteiger partial charge >= 0.3 is 12.1 Å². The zero-order valence-electron chi connectivity index (χ0n) is 11.0. The first-order valence-electron chi connectivity index (χ1n) is 5.76. The minimum absolute atomic E-state index is 0.0462. The fourth-order valence-electron chi connectivity index (χ4n) is 1.37. The van der Waals surface area contributed by atoms with Crippen LogP contribution in [0.5, 0.6) is 0 Å². The maximum Gasteiger partial charge on any atom is 0.415 e. The number of nitrogens with two attached hydrogens (primary N) is 1. The van der Waals surface area contributed by atoms with Crippen LogP contribution in [0.15, 0.2) is 0 Å². The van der Waals surface area contributed by atoms with Gasteiger partial charge in [0.2, 0.25) is 5.91 Å². The molecule has 8 heteroatoms. The summed E-state index contributed by atoms with van der Waals surface area (Å²) in [6.07, 6.45) is -4.64.